The minimum atomic E-state index is -0.0949. The van der Waals surface area contributed by atoms with Crippen LogP contribution in [0.15, 0.2) is 24.3 Å². The second-order valence-corrected chi connectivity index (χ2v) is 5.19. The fraction of sp³-hybridized carbons (Fsp3) is 0.400. The summed E-state index contributed by atoms with van der Waals surface area (Å²) in [6.45, 7) is 2.88. The second kappa shape index (κ2) is 9.00. The van der Waals surface area contributed by atoms with E-state index in [1.165, 1.54) is 18.9 Å². The first-order chi connectivity index (χ1) is 9.13. The molecule has 104 valence electrons. The molecule has 0 bridgehead atoms. The molecule has 1 rings (SSSR count). The van der Waals surface area contributed by atoms with Crippen molar-refractivity contribution in [1.29, 1.82) is 0 Å². The molecule has 0 saturated carbocycles. The molecule has 0 aliphatic heterocycles. The van der Waals surface area contributed by atoms with Gasteiger partial charge in [-0.15, -0.1) is 0 Å². The number of carbonyl (C=O) groups excluding carboxylic acids is 1. The van der Waals surface area contributed by atoms with Gasteiger partial charge in [0.1, 0.15) is 0 Å². The highest BCUT2D eigenvalue weighted by Crippen LogP contribution is 2.21. The Morgan fingerprint density at radius 3 is 2.74 bits per heavy atom. The summed E-state index contributed by atoms with van der Waals surface area (Å²) in [5.41, 5.74) is 0.784. The molecule has 0 unspecified atom stereocenters. The summed E-state index contributed by atoms with van der Waals surface area (Å²) in [5, 5.41) is 3.97. The molecule has 0 aliphatic rings. The van der Waals surface area contributed by atoms with Gasteiger partial charge in [0.15, 0.2) is 0 Å². The lowest BCUT2D eigenvalue weighted by molar-refractivity contribution is -0.116. The van der Waals surface area contributed by atoms with Crippen molar-refractivity contribution in [2.24, 2.45) is 0 Å². The van der Waals surface area contributed by atoms with Gasteiger partial charge in [-0.3, -0.25) is 4.79 Å². The van der Waals surface area contributed by atoms with E-state index >= 15 is 0 Å². The van der Waals surface area contributed by atoms with E-state index in [-0.39, 0.29) is 5.91 Å². The Hall–Kier alpha value is -0.990. The number of benzene rings is 1. The number of nitrogens with one attached hydrogen (secondary N) is 1. The molecule has 4 heteroatoms. The number of amides is 1. The zero-order valence-electron chi connectivity index (χ0n) is 11.1. The minimum absolute atomic E-state index is 0.0949. The molecular formula is C15H19Cl2NO. The lowest BCUT2D eigenvalue weighted by atomic mass is 10.2. The summed E-state index contributed by atoms with van der Waals surface area (Å²) in [6.07, 6.45) is 7.78. The molecule has 0 saturated heterocycles. The monoisotopic (exact) mass is 299 g/mol. The molecular weight excluding hydrogens is 281 g/mol. The largest absolute Gasteiger partial charge is 0.353 e. The van der Waals surface area contributed by atoms with Crippen LogP contribution in [0.5, 0.6) is 0 Å². The van der Waals surface area contributed by atoms with E-state index in [9.17, 15) is 4.79 Å². The predicted molar refractivity (Wildman–Crippen MR) is 82.6 cm³/mol. The fourth-order valence-corrected chi connectivity index (χ4v) is 2.10. The van der Waals surface area contributed by atoms with Gasteiger partial charge in [0.2, 0.25) is 5.91 Å². The third-order valence-corrected chi connectivity index (χ3v) is 3.27. The van der Waals surface area contributed by atoms with E-state index in [0.29, 0.717) is 10.0 Å². The SMILES string of the molecule is CCCCCCNC(=O)/C=C/c1ccc(Cl)cc1Cl. The standard InChI is InChI=1S/C15H19Cl2NO/c1-2-3-4-5-10-18-15(19)9-7-12-6-8-13(16)11-14(12)17/h6-9,11H,2-5,10H2,1H3,(H,18,19)/b9-7+. The molecule has 0 heterocycles. The van der Waals surface area contributed by atoms with Gasteiger partial charge in [0, 0.05) is 22.7 Å². The van der Waals surface area contributed by atoms with Crippen molar-refractivity contribution >= 4 is 35.2 Å². The average Bonchev–Trinajstić information content (AvgIpc) is 2.37. The van der Waals surface area contributed by atoms with E-state index in [2.05, 4.69) is 12.2 Å². The van der Waals surface area contributed by atoms with E-state index in [1.54, 1.807) is 24.3 Å². The first-order valence-corrected chi connectivity index (χ1v) is 7.30. The van der Waals surface area contributed by atoms with Gasteiger partial charge in [-0.05, 0) is 30.2 Å². The highest BCUT2D eigenvalue weighted by atomic mass is 35.5. The van der Waals surface area contributed by atoms with Crippen LogP contribution in [0.3, 0.4) is 0 Å². The number of unbranched alkanes of at least 4 members (excludes halogenated alkanes) is 3. The highest BCUT2D eigenvalue weighted by molar-refractivity contribution is 6.35. The highest BCUT2D eigenvalue weighted by Gasteiger charge is 1.99. The molecule has 0 radical (unpaired) electrons. The first-order valence-electron chi connectivity index (χ1n) is 6.54. The predicted octanol–water partition coefficient (Wildman–Crippen LogP) is 4.70. The van der Waals surface area contributed by atoms with Gasteiger partial charge in [-0.1, -0.05) is 55.5 Å². The topological polar surface area (TPSA) is 29.1 Å². The van der Waals surface area contributed by atoms with E-state index in [4.69, 9.17) is 23.2 Å². The van der Waals surface area contributed by atoms with Crippen LogP contribution in [-0.4, -0.2) is 12.5 Å². The fourth-order valence-electron chi connectivity index (χ4n) is 1.62. The maximum Gasteiger partial charge on any atom is 0.243 e. The molecule has 19 heavy (non-hydrogen) atoms. The van der Waals surface area contributed by atoms with Crippen LogP contribution >= 0.6 is 23.2 Å². The van der Waals surface area contributed by atoms with Crippen LogP contribution < -0.4 is 5.32 Å². The zero-order valence-corrected chi connectivity index (χ0v) is 12.6. The Bertz CT molecular complexity index is 444. The number of hydrogen-bond donors (Lipinski definition) is 1. The van der Waals surface area contributed by atoms with Crippen molar-refractivity contribution < 1.29 is 4.79 Å². The summed E-state index contributed by atoms with van der Waals surface area (Å²) in [6, 6.07) is 5.19. The summed E-state index contributed by atoms with van der Waals surface area (Å²) in [7, 11) is 0. The maximum absolute atomic E-state index is 11.6. The van der Waals surface area contributed by atoms with E-state index < -0.39 is 0 Å². The van der Waals surface area contributed by atoms with Gasteiger partial charge in [-0.2, -0.15) is 0 Å². The van der Waals surface area contributed by atoms with Crippen LogP contribution in [-0.2, 0) is 4.79 Å². The third-order valence-electron chi connectivity index (χ3n) is 2.71. The summed E-state index contributed by atoms with van der Waals surface area (Å²) in [4.78, 5) is 11.6. The van der Waals surface area contributed by atoms with Crippen molar-refractivity contribution in [3.63, 3.8) is 0 Å². The molecule has 0 aromatic heterocycles. The molecule has 0 atom stereocenters. The van der Waals surface area contributed by atoms with Crippen LogP contribution in [0.1, 0.15) is 38.2 Å². The summed E-state index contributed by atoms with van der Waals surface area (Å²) < 4.78 is 0. The normalized spacial score (nSPS) is 10.9. The molecule has 1 amide bonds. The smallest absolute Gasteiger partial charge is 0.243 e. The second-order valence-electron chi connectivity index (χ2n) is 4.35. The molecule has 2 nitrogen and oxygen atoms in total. The minimum Gasteiger partial charge on any atom is -0.353 e. The van der Waals surface area contributed by atoms with Gasteiger partial charge < -0.3 is 5.32 Å². The molecule has 1 aromatic carbocycles. The first kappa shape index (κ1) is 16.1. The Morgan fingerprint density at radius 1 is 1.26 bits per heavy atom. The Labute approximate surface area is 124 Å². The van der Waals surface area contributed by atoms with Crippen LogP contribution in [0.2, 0.25) is 10.0 Å². The summed E-state index contributed by atoms with van der Waals surface area (Å²) >= 11 is 11.8. The van der Waals surface area contributed by atoms with Crippen molar-refractivity contribution in [3.05, 3.63) is 39.9 Å². The maximum atomic E-state index is 11.6. The van der Waals surface area contributed by atoms with Gasteiger partial charge in [0.25, 0.3) is 0 Å². The van der Waals surface area contributed by atoms with Crippen LogP contribution in [0, 0.1) is 0 Å². The Kier molecular flexibility index (Phi) is 7.61. The van der Waals surface area contributed by atoms with E-state index in [1.807, 2.05) is 0 Å². The number of rotatable bonds is 7. The van der Waals surface area contributed by atoms with E-state index in [0.717, 1.165) is 24.9 Å². The van der Waals surface area contributed by atoms with Crippen molar-refractivity contribution in [1.82, 2.24) is 5.32 Å². The van der Waals surface area contributed by atoms with Crippen LogP contribution in [0.25, 0.3) is 6.08 Å². The molecule has 1 aromatic rings. The number of carbonyl (C=O) groups is 1. The third kappa shape index (κ3) is 6.65. The van der Waals surface area contributed by atoms with Crippen molar-refractivity contribution in [2.75, 3.05) is 6.54 Å². The average molecular weight is 300 g/mol. The van der Waals surface area contributed by atoms with Crippen molar-refractivity contribution in [3.8, 4) is 0 Å². The van der Waals surface area contributed by atoms with Crippen LogP contribution in [0.4, 0.5) is 0 Å². The van der Waals surface area contributed by atoms with Gasteiger partial charge in [0.05, 0.1) is 0 Å². The molecule has 0 fully saturated rings. The Morgan fingerprint density at radius 2 is 2.05 bits per heavy atom. The lowest BCUT2D eigenvalue weighted by Crippen LogP contribution is -2.21. The number of halogens is 2. The molecule has 0 aliphatic carbocycles. The number of hydrogen-bond acceptors (Lipinski definition) is 1. The van der Waals surface area contributed by atoms with Crippen molar-refractivity contribution in [2.45, 2.75) is 32.6 Å². The quantitative estimate of drug-likeness (QED) is 0.574. The molecule has 1 N–H and O–H groups in total. The Balaban J connectivity index is 2.37. The van der Waals surface area contributed by atoms with Gasteiger partial charge >= 0.3 is 0 Å². The van der Waals surface area contributed by atoms with Gasteiger partial charge in [-0.25, -0.2) is 0 Å². The molecule has 0 spiro atoms. The summed E-state index contributed by atoms with van der Waals surface area (Å²) in [5.74, 6) is -0.0949. The zero-order chi connectivity index (χ0) is 14.1. The lowest BCUT2D eigenvalue weighted by Gasteiger charge is -2.02.